The van der Waals surface area contributed by atoms with Crippen molar-refractivity contribution in [1.29, 1.82) is 5.26 Å². The molecule has 24 heavy (non-hydrogen) atoms. The maximum absolute atomic E-state index is 12.9. The third-order valence-corrected chi connectivity index (χ3v) is 5.05. The minimum atomic E-state index is -0.133. The maximum atomic E-state index is 12.9. The van der Waals surface area contributed by atoms with Crippen LogP contribution < -0.4 is 5.32 Å². The van der Waals surface area contributed by atoms with E-state index in [1.807, 2.05) is 6.07 Å². The van der Waals surface area contributed by atoms with Gasteiger partial charge in [0, 0.05) is 38.2 Å². The first-order chi connectivity index (χ1) is 11.7. The van der Waals surface area contributed by atoms with Crippen molar-refractivity contribution in [3.05, 3.63) is 51.3 Å². The molecule has 6 nitrogen and oxygen atoms in total. The number of nitrogens with zero attached hydrogens (tertiary/aromatic N) is 4. The molecule has 3 heterocycles. The Morgan fingerprint density at radius 3 is 3.08 bits per heavy atom. The number of halogens is 1. The highest BCUT2D eigenvalue weighted by atomic mass is 35.5. The van der Waals surface area contributed by atoms with Crippen LogP contribution >= 0.6 is 11.6 Å². The zero-order valence-electron chi connectivity index (χ0n) is 13.0. The Labute approximate surface area is 144 Å². The Balaban J connectivity index is 1.64. The van der Waals surface area contributed by atoms with E-state index in [1.165, 1.54) is 5.69 Å². The second-order valence-electron chi connectivity index (χ2n) is 6.03. The van der Waals surface area contributed by atoms with Gasteiger partial charge in [0.25, 0.3) is 5.91 Å². The molecular formula is C17H16ClN5O. The molecule has 1 aromatic heterocycles. The molecule has 0 atom stereocenters. The Bertz CT molecular complexity index is 867. The highest BCUT2D eigenvalue weighted by Crippen LogP contribution is 2.27. The number of amides is 1. The Morgan fingerprint density at radius 1 is 1.38 bits per heavy atom. The highest BCUT2D eigenvalue weighted by molar-refractivity contribution is 6.34. The van der Waals surface area contributed by atoms with E-state index in [0.717, 1.165) is 37.3 Å². The van der Waals surface area contributed by atoms with E-state index in [9.17, 15) is 4.79 Å². The predicted molar refractivity (Wildman–Crippen MR) is 88.5 cm³/mol. The van der Waals surface area contributed by atoms with Crippen LogP contribution in [-0.2, 0) is 26.1 Å². The second-order valence-corrected chi connectivity index (χ2v) is 6.41. The normalized spacial score (nSPS) is 16.2. The van der Waals surface area contributed by atoms with Gasteiger partial charge in [-0.3, -0.25) is 9.48 Å². The zero-order valence-corrected chi connectivity index (χ0v) is 13.8. The standard InChI is InChI=1S/C17H16ClN5O/c18-16-11(8-19)2-1-3-12(16)17(24)22-6-4-14-13(10-22)15-9-20-5-7-23(15)21-14/h1-3,20H,4-7,9-10H2. The van der Waals surface area contributed by atoms with Crippen molar-refractivity contribution in [3.8, 4) is 6.07 Å². The van der Waals surface area contributed by atoms with E-state index < -0.39 is 0 Å². The smallest absolute Gasteiger partial charge is 0.255 e. The van der Waals surface area contributed by atoms with Crippen LogP contribution in [0.5, 0.6) is 0 Å². The number of benzene rings is 1. The van der Waals surface area contributed by atoms with E-state index in [0.29, 0.717) is 24.2 Å². The third-order valence-electron chi connectivity index (χ3n) is 4.65. The van der Waals surface area contributed by atoms with Crippen molar-refractivity contribution in [2.24, 2.45) is 0 Å². The van der Waals surface area contributed by atoms with Gasteiger partial charge < -0.3 is 10.2 Å². The number of rotatable bonds is 1. The van der Waals surface area contributed by atoms with E-state index in [-0.39, 0.29) is 10.9 Å². The van der Waals surface area contributed by atoms with Gasteiger partial charge in [-0.25, -0.2) is 0 Å². The van der Waals surface area contributed by atoms with Crippen LogP contribution in [0, 0.1) is 11.3 Å². The summed E-state index contributed by atoms with van der Waals surface area (Å²) in [4.78, 5) is 14.7. The van der Waals surface area contributed by atoms with Gasteiger partial charge in [-0.15, -0.1) is 0 Å². The molecule has 0 spiro atoms. The van der Waals surface area contributed by atoms with E-state index in [2.05, 4.69) is 15.1 Å². The summed E-state index contributed by atoms with van der Waals surface area (Å²) in [6.45, 7) is 3.73. The summed E-state index contributed by atoms with van der Waals surface area (Å²) in [6.07, 6.45) is 0.747. The molecule has 1 N–H and O–H groups in total. The van der Waals surface area contributed by atoms with Gasteiger partial charge in [0.1, 0.15) is 6.07 Å². The van der Waals surface area contributed by atoms with Gasteiger partial charge in [0.2, 0.25) is 0 Å². The van der Waals surface area contributed by atoms with Crippen molar-refractivity contribution >= 4 is 17.5 Å². The number of carbonyl (C=O) groups is 1. The fraction of sp³-hybridized carbons (Fsp3) is 0.353. The van der Waals surface area contributed by atoms with Gasteiger partial charge in [0.15, 0.2) is 0 Å². The number of nitrogens with one attached hydrogen (secondary N) is 1. The summed E-state index contributed by atoms with van der Waals surface area (Å²) in [6, 6.07) is 7.01. The Morgan fingerprint density at radius 2 is 2.25 bits per heavy atom. The van der Waals surface area contributed by atoms with E-state index in [4.69, 9.17) is 16.9 Å². The average Bonchev–Trinajstić information content (AvgIpc) is 2.99. The highest BCUT2D eigenvalue weighted by Gasteiger charge is 2.29. The van der Waals surface area contributed by atoms with Crippen molar-refractivity contribution in [2.45, 2.75) is 26.1 Å². The molecule has 1 amide bonds. The molecule has 0 saturated heterocycles. The Kier molecular flexibility index (Phi) is 3.75. The number of nitriles is 1. The number of carbonyl (C=O) groups excluding carboxylic acids is 1. The minimum Gasteiger partial charge on any atom is -0.334 e. The molecule has 7 heteroatoms. The van der Waals surface area contributed by atoms with Gasteiger partial charge >= 0.3 is 0 Å². The van der Waals surface area contributed by atoms with Crippen molar-refractivity contribution in [3.63, 3.8) is 0 Å². The van der Waals surface area contributed by atoms with Crippen LogP contribution in [0.25, 0.3) is 0 Å². The number of fused-ring (bicyclic) bond motifs is 3. The van der Waals surface area contributed by atoms with Crippen molar-refractivity contribution in [1.82, 2.24) is 20.0 Å². The molecule has 2 aliphatic heterocycles. The van der Waals surface area contributed by atoms with E-state index in [1.54, 1.807) is 23.1 Å². The summed E-state index contributed by atoms with van der Waals surface area (Å²) >= 11 is 6.22. The molecule has 0 aliphatic carbocycles. The largest absolute Gasteiger partial charge is 0.334 e. The molecule has 2 aliphatic rings. The second kappa shape index (κ2) is 5.93. The van der Waals surface area contributed by atoms with Crippen LogP contribution in [0.1, 0.15) is 32.9 Å². The predicted octanol–water partition coefficient (Wildman–Crippen LogP) is 1.71. The molecule has 1 aromatic carbocycles. The SMILES string of the molecule is N#Cc1cccc(C(=O)N2CCc3nn4c(c3C2)CNCC4)c1Cl. The number of hydrogen-bond acceptors (Lipinski definition) is 4. The fourth-order valence-electron chi connectivity index (χ4n) is 3.38. The van der Waals surface area contributed by atoms with Gasteiger partial charge in [-0.2, -0.15) is 10.4 Å². The summed E-state index contributed by atoms with van der Waals surface area (Å²) in [5, 5.41) is 17.4. The number of aromatic nitrogens is 2. The first-order valence-corrected chi connectivity index (χ1v) is 8.33. The van der Waals surface area contributed by atoms with Crippen LogP contribution in [0.15, 0.2) is 18.2 Å². The van der Waals surface area contributed by atoms with Gasteiger partial charge in [-0.1, -0.05) is 17.7 Å². The lowest BCUT2D eigenvalue weighted by Gasteiger charge is -2.28. The molecule has 0 bridgehead atoms. The lowest BCUT2D eigenvalue weighted by molar-refractivity contribution is 0.0734. The molecule has 0 fully saturated rings. The lowest BCUT2D eigenvalue weighted by Crippen LogP contribution is -2.36. The first kappa shape index (κ1) is 15.2. The first-order valence-electron chi connectivity index (χ1n) is 7.95. The summed E-state index contributed by atoms with van der Waals surface area (Å²) < 4.78 is 2.05. The fourth-order valence-corrected chi connectivity index (χ4v) is 3.63. The van der Waals surface area contributed by atoms with Crippen LogP contribution in [0.3, 0.4) is 0 Å². The third kappa shape index (κ3) is 2.37. The molecule has 2 aromatic rings. The lowest BCUT2D eigenvalue weighted by atomic mass is 10.0. The van der Waals surface area contributed by atoms with Gasteiger partial charge in [0.05, 0.1) is 34.1 Å². The molecule has 4 rings (SSSR count). The molecule has 122 valence electrons. The summed E-state index contributed by atoms with van der Waals surface area (Å²) in [5.41, 5.74) is 4.13. The number of hydrogen-bond donors (Lipinski definition) is 1. The monoisotopic (exact) mass is 341 g/mol. The van der Waals surface area contributed by atoms with Crippen molar-refractivity contribution < 1.29 is 4.79 Å². The molecule has 0 unspecified atom stereocenters. The molecule has 0 radical (unpaired) electrons. The van der Waals surface area contributed by atoms with Crippen LogP contribution in [0.2, 0.25) is 5.02 Å². The quantitative estimate of drug-likeness (QED) is 0.857. The van der Waals surface area contributed by atoms with Crippen molar-refractivity contribution in [2.75, 3.05) is 13.1 Å². The average molecular weight is 342 g/mol. The van der Waals surface area contributed by atoms with Gasteiger partial charge in [-0.05, 0) is 12.1 Å². The molecule has 0 saturated carbocycles. The minimum absolute atomic E-state index is 0.133. The summed E-state index contributed by atoms with van der Waals surface area (Å²) in [7, 11) is 0. The zero-order chi connectivity index (χ0) is 16.7. The van der Waals surface area contributed by atoms with E-state index >= 15 is 0 Å². The summed E-state index contributed by atoms with van der Waals surface area (Å²) in [5.74, 6) is -0.133. The Hall–Kier alpha value is -2.36. The topological polar surface area (TPSA) is 74.0 Å². The van der Waals surface area contributed by atoms with Crippen LogP contribution in [-0.4, -0.2) is 33.7 Å². The maximum Gasteiger partial charge on any atom is 0.255 e. The molecular weight excluding hydrogens is 326 g/mol. The van der Waals surface area contributed by atoms with Crippen LogP contribution in [0.4, 0.5) is 0 Å².